The van der Waals surface area contributed by atoms with Crippen molar-refractivity contribution in [3.05, 3.63) is 63.9 Å². The van der Waals surface area contributed by atoms with Crippen LogP contribution in [0.15, 0.2) is 36.7 Å². The number of aliphatic carboxylic acids is 1. The summed E-state index contributed by atoms with van der Waals surface area (Å²) in [7, 11) is 0. The lowest BCUT2D eigenvalue weighted by Crippen LogP contribution is -2.42. The van der Waals surface area contributed by atoms with E-state index in [0.717, 1.165) is 47.8 Å². The van der Waals surface area contributed by atoms with Gasteiger partial charge in [0, 0.05) is 43.1 Å². The van der Waals surface area contributed by atoms with Gasteiger partial charge < -0.3 is 20.3 Å². The van der Waals surface area contributed by atoms with Crippen molar-refractivity contribution in [2.24, 2.45) is 0 Å². The van der Waals surface area contributed by atoms with Crippen molar-refractivity contribution in [2.45, 2.75) is 64.2 Å². The first-order valence-corrected chi connectivity index (χ1v) is 12.3. The van der Waals surface area contributed by atoms with E-state index in [1.165, 1.54) is 12.0 Å². The Hall–Kier alpha value is -2.03. The highest BCUT2D eigenvalue weighted by Crippen LogP contribution is 2.24. The van der Waals surface area contributed by atoms with E-state index in [4.69, 9.17) is 21.4 Å². The number of rotatable bonds is 13. The van der Waals surface area contributed by atoms with E-state index in [0.29, 0.717) is 19.0 Å². The van der Waals surface area contributed by atoms with Crippen molar-refractivity contribution in [2.75, 3.05) is 26.4 Å². The van der Waals surface area contributed by atoms with Gasteiger partial charge in [0.25, 0.3) is 0 Å². The number of carboxylic acid groups (broad SMARTS) is 1. The van der Waals surface area contributed by atoms with Crippen LogP contribution in [0.2, 0.25) is 5.02 Å². The minimum atomic E-state index is -0.840. The van der Waals surface area contributed by atoms with Gasteiger partial charge >= 0.3 is 5.97 Å². The summed E-state index contributed by atoms with van der Waals surface area (Å²) in [6.45, 7) is 6.33. The number of aromatic nitrogens is 1. The maximum atomic E-state index is 10.9. The van der Waals surface area contributed by atoms with E-state index in [-0.39, 0.29) is 19.1 Å². The molecule has 1 aromatic carbocycles. The molecule has 3 atom stereocenters. The average molecular weight is 490 g/mol. The number of carboxylic acids is 1. The minimum absolute atomic E-state index is 0.0480. The number of aryl methyl sites for hydroxylation is 2. The Labute approximate surface area is 207 Å². The van der Waals surface area contributed by atoms with Crippen LogP contribution in [0.25, 0.3) is 0 Å². The second kappa shape index (κ2) is 13.2. The summed E-state index contributed by atoms with van der Waals surface area (Å²) in [5.74, 6) is -0.840. The lowest BCUT2D eigenvalue weighted by Gasteiger charge is -2.26. The standard InChI is InChI=1S/C26H36ClN3O4/c1-18-5-6-20(13-25(18)27)12-22-4-3-11-30(22)17-29-15-23(31)16-34-19(2)24-9-10-28-14-21(24)7-8-26(32)33/h5-6,9-10,13-14,19,22-23,29,31H,3-4,7-8,11-12,15-17H2,1-2H3,(H,32,33)/t19?,22-,23+/m0/s1. The molecule has 3 N–H and O–H groups in total. The molecule has 186 valence electrons. The molecule has 1 aromatic heterocycles. The predicted molar refractivity (Wildman–Crippen MR) is 133 cm³/mol. The molecule has 2 heterocycles. The largest absolute Gasteiger partial charge is 0.481 e. The van der Waals surface area contributed by atoms with Gasteiger partial charge in [0.15, 0.2) is 0 Å². The number of aliphatic hydroxyl groups is 1. The van der Waals surface area contributed by atoms with Crippen LogP contribution in [0.5, 0.6) is 0 Å². The molecule has 1 unspecified atom stereocenters. The van der Waals surface area contributed by atoms with Crippen LogP contribution >= 0.6 is 11.6 Å². The van der Waals surface area contributed by atoms with E-state index >= 15 is 0 Å². The van der Waals surface area contributed by atoms with E-state index in [9.17, 15) is 9.90 Å². The van der Waals surface area contributed by atoms with Crippen LogP contribution in [0.1, 0.15) is 54.5 Å². The second-order valence-electron chi connectivity index (χ2n) is 9.11. The first-order valence-electron chi connectivity index (χ1n) is 12.0. The molecule has 1 saturated heterocycles. The van der Waals surface area contributed by atoms with Crippen molar-refractivity contribution < 1.29 is 19.7 Å². The molecular weight excluding hydrogens is 454 g/mol. The Morgan fingerprint density at radius 1 is 1.38 bits per heavy atom. The van der Waals surface area contributed by atoms with Crippen LogP contribution in [-0.4, -0.2) is 64.6 Å². The predicted octanol–water partition coefficient (Wildman–Crippen LogP) is 3.75. The molecule has 0 bridgehead atoms. The third kappa shape index (κ3) is 8.03. The Bertz CT molecular complexity index is 942. The molecular formula is C26H36ClN3O4. The van der Waals surface area contributed by atoms with Crippen molar-refractivity contribution in [3.63, 3.8) is 0 Å². The molecule has 1 aliphatic rings. The molecule has 8 heteroatoms. The number of pyridine rings is 1. The highest BCUT2D eigenvalue weighted by atomic mass is 35.5. The molecule has 0 aliphatic carbocycles. The summed E-state index contributed by atoms with van der Waals surface area (Å²) in [6.07, 6.45) is 6.23. The molecule has 34 heavy (non-hydrogen) atoms. The van der Waals surface area contributed by atoms with Crippen LogP contribution in [0.4, 0.5) is 0 Å². The highest BCUT2D eigenvalue weighted by molar-refractivity contribution is 6.31. The molecule has 3 rings (SSSR count). The topological polar surface area (TPSA) is 94.9 Å². The van der Waals surface area contributed by atoms with Crippen molar-refractivity contribution >= 4 is 17.6 Å². The number of carbonyl (C=O) groups is 1. The number of hydrogen-bond acceptors (Lipinski definition) is 6. The normalized spacial score (nSPS) is 18.2. The molecule has 0 radical (unpaired) electrons. The van der Waals surface area contributed by atoms with Gasteiger partial charge in [-0.25, -0.2) is 0 Å². The third-order valence-electron chi connectivity index (χ3n) is 6.43. The van der Waals surface area contributed by atoms with Crippen molar-refractivity contribution in [1.82, 2.24) is 15.2 Å². The number of benzene rings is 1. The van der Waals surface area contributed by atoms with Gasteiger partial charge in [-0.1, -0.05) is 23.7 Å². The zero-order valence-corrected chi connectivity index (χ0v) is 20.8. The monoisotopic (exact) mass is 489 g/mol. The lowest BCUT2D eigenvalue weighted by molar-refractivity contribution is -0.136. The lowest BCUT2D eigenvalue weighted by atomic mass is 10.0. The van der Waals surface area contributed by atoms with Gasteiger partial charge in [0.1, 0.15) is 0 Å². The fraction of sp³-hybridized carbons (Fsp3) is 0.538. The SMILES string of the molecule is Cc1ccc(C[C@@H]2CCCN2CNC[C@@H](O)COC(C)c2ccncc2CCC(=O)O)cc1Cl. The summed E-state index contributed by atoms with van der Waals surface area (Å²) in [5, 5.41) is 23.5. The van der Waals surface area contributed by atoms with Gasteiger partial charge in [-0.15, -0.1) is 0 Å². The zero-order chi connectivity index (χ0) is 24.5. The fourth-order valence-electron chi connectivity index (χ4n) is 4.43. The Kier molecular flexibility index (Phi) is 10.3. The van der Waals surface area contributed by atoms with Gasteiger partial charge in [0.05, 0.1) is 18.8 Å². The minimum Gasteiger partial charge on any atom is -0.481 e. The number of likely N-dealkylation sites (tertiary alicyclic amines) is 1. The van der Waals surface area contributed by atoms with Gasteiger partial charge in [-0.05, 0) is 80.5 Å². The Balaban J connectivity index is 1.40. The summed E-state index contributed by atoms with van der Waals surface area (Å²) in [5.41, 5.74) is 4.13. The van der Waals surface area contributed by atoms with Gasteiger partial charge in [-0.3, -0.25) is 14.7 Å². The van der Waals surface area contributed by atoms with Crippen LogP contribution in [-0.2, 0) is 22.4 Å². The molecule has 1 aliphatic heterocycles. The van der Waals surface area contributed by atoms with E-state index in [1.54, 1.807) is 12.4 Å². The van der Waals surface area contributed by atoms with Crippen molar-refractivity contribution in [3.8, 4) is 0 Å². The zero-order valence-electron chi connectivity index (χ0n) is 20.0. The molecule has 1 fully saturated rings. The quantitative estimate of drug-likeness (QED) is 0.394. The smallest absolute Gasteiger partial charge is 0.303 e. The molecule has 2 aromatic rings. The number of nitrogens with zero attached hydrogens (tertiary/aromatic N) is 2. The molecule has 0 amide bonds. The molecule has 7 nitrogen and oxygen atoms in total. The first kappa shape index (κ1) is 26.6. The number of ether oxygens (including phenoxy) is 1. The summed E-state index contributed by atoms with van der Waals surface area (Å²) >= 11 is 6.29. The van der Waals surface area contributed by atoms with Gasteiger partial charge in [-0.2, -0.15) is 0 Å². The van der Waals surface area contributed by atoms with Crippen molar-refractivity contribution in [1.29, 1.82) is 0 Å². The van der Waals surface area contributed by atoms with Gasteiger partial charge in [0.2, 0.25) is 0 Å². The van der Waals surface area contributed by atoms with Crippen LogP contribution in [0.3, 0.4) is 0 Å². The third-order valence-corrected chi connectivity index (χ3v) is 6.83. The second-order valence-corrected chi connectivity index (χ2v) is 9.51. The number of nitrogens with one attached hydrogen (secondary N) is 1. The Morgan fingerprint density at radius 2 is 2.21 bits per heavy atom. The van der Waals surface area contributed by atoms with Crippen LogP contribution in [0, 0.1) is 6.92 Å². The number of halogens is 1. The number of aliphatic hydroxyl groups excluding tert-OH is 1. The average Bonchev–Trinajstić information content (AvgIpc) is 3.25. The number of hydrogen-bond donors (Lipinski definition) is 3. The summed E-state index contributed by atoms with van der Waals surface area (Å²) < 4.78 is 5.89. The maximum Gasteiger partial charge on any atom is 0.303 e. The van der Waals surface area contributed by atoms with E-state index in [2.05, 4.69) is 33.4 Å². The Morgan fingerprint density at radius 3 is 2.97 bits per heavy atom. The van der Waals surface area contributed by atoms with E-state index < -0.39 is 12.1 Å². The summed E-state index contributed by atoms with van der Waals surface area (Å²) in [4.78, 5) is 17.4. The molecule has 0 spiro atoms. The highest BCUT2D eigenvalue weighted by Gasteiger charge is 2.24. The van der Waals surface area contributed by atoms with Crippen LogP contribution < -0.4 is 5.32 Å². The van der Waals surface area contributed by atoms with E-state index in [1.807, 2.05) is 19.9 Å². The maximum absolute atomic E-state index is 10.9. The molecule has 0 saturated carbocycles. The fourth-order valence-corrected chi connectivity index (χ4v) is 4.64. The first-order chi connectivity index (χ1) is 16.3. The summed E-state index contributed by atoms with van der Waals surface area (Å²) in [6, 6.07) is 8.62.